The Hall–Kier alpha value is -1.98. The van der Waals surface area contributed by atoms with Gasteiger partial charge in [-0.05, 0) is 50.1 Å². The second kappa shape index (κ2) is 7.72. The van der Waals surface area contributed by atoms with E-state index in [9.17, 15) is 4.79 Å². The van der Waals surface area contributed by atoms with Crippen LogP contribution in [0.15, 0.2) is 46.8 Å². The minimum Gasteiger partial charge on any atom is -0.292 e. The summed E-state index contributed by atoms with van der Waals surface area (Å²) < 4.78 is 0. The fourth-order valence-corrected chi connectivity index (χ4v) is 4.96. The first-order chi connectivity index (χ1) is 12.7. The molecule has 0 spiro atoms. The number of rotatable bonds is 5. The van der Waals surface area contributed by atoms with Crippen LogP contribution in [0.25, 0.3) is 11.4 Å². The summed E-state index contributed by atoms with van der Waals surface area (Å²) in [4.78, 5) is 22.9. The molecule has 0 N–H and O–H groups in total. The van der Waals surface area contributed by atoms with E-state index in [1.54, 1.807) is 11.8 Å². The van der Waals surface area contributed by atoms with Crippen molar-refractivity contribution in [2.45, 2.75) is 37.6 Å². The smallest absolute Gasteiger partial charge is 0.183 e. The second-order valence-electron chi connectivity index (χ2n) is 6.54. The Labute approximate surface area is 161 Å². The molecule has 0 amide bonds. The number of carbonyl (C=O) groups excluding carboxylic acids is 1. The van der Waals surface area contributed by atoms with Crippen LogP contribution >= 0.6 is 23.1 Å². The van der Waals surface area contributed by atoms with Crippen LogP contribution in [0.3, 0.4) is 0 Å². The molecule has 0 atom stereocenters. The number of thioether (sulfide) groups is 1. The van der Waals surface area contributed by atoms with Gasteiger partial charge < -0.3 is 0 Å². The lowest BCUT2D eigenvalue weighted by Gasteiger charge is -2.19. The van der Waals surface area contributed by atoms with Gasteiger partial charge >= 0.3 is 0 Å². The van der Waals surface area contributed by atoms with Crippen LogP contribution in [0.1, 0.15) is 39.3 Å². The molecule has 3 aromatic rings. The van der Waals surface area contributed by atoms with E-state index in [2.05, 4.69) is 25.1 Å². The van der Waals surface area contributed by atoms with Gasteiger partial charge in [0.15, 0.2) is 11.6 Å². The molecule has 3 nitrogen and oxygen atoms in total. The number of ketones is 1. The molecule has 0 radical (unpaired) electrons. The van der Waals surface area contributed by atoms with E-state index in [1.165, 1.54) is 35.3 Å². The maximum Gasteiger partial charge on any atom is 0.183 e. The van der Waals surface area contributed by atoms with E-state index >= 15 is 0 Å². The highest BCUT2D eigenvalue weighted by molar-refractivity contribution is 8.00. The third-order valence-electron chi connectivity index (χ3n) is 4.56. The highest BCUT2D eigenvalue weighted by Crippen LogP contribution is 2.32. The monoisotopic (exact) mass is 380 g/mol. The fraction of sp³-hybridized carbons (Fsp3) is 0.286. The van der Waals surface area contributed by atoms with Gasteiger partial charge in [0.05, 0.1) is 10.6 Å². The number of thiophene rings is 1. The predicted molar refractivity (Wildman–Crippen MR) is 108 cm³/mol. The van der Waals surface area contributed by atoms with Crippen LogP contribution in [0.5, 0.6) is 0 Å². The first-order valence-corrected chi connectivity index (χ1v) is 10.7. The van der Waals surface area contributed by atoms with E-state index in [0.29, 0.717) is 5.75 Å². The van der Waals surface area contributed by atoms with Gasteiger partial charge in [-0.15, -0.1) is 11.3 Å². The molecule has 0 bridgehead atoms. The summed E-state index contributed by atoms with van der Waals surface area (Å²) in [6.45, 7) is 2.08. The van der Waals surface area contributed by atoms with Crippen molar-refractivity contribution in [3.05, 3.63) is 63.5 Å². The van der Waals surface area contributed by atoms with Gasteiger partial charge in [0, 0.05) is 16.8 Å². The van der Waals surface area contributed by atoms with Crippen LogP contribution in [-0.2, 0) is 12.8 Å². The predicted octanol–water partition coefficient (Wildman–Crippen LogP) is 5.37. The lowest BCUT2D eigenvalue weighted by molar-refractivity contribution is 0.102. The Morgan fingerprint density at radius 1 is 1.15 bits per heavy atom. The average molecular weight is 381 g/mol. The number of aryl methyl sites for hydroxylation is 2. The number of benzene rings is 1. The molecular weight excluding hydrogens is 360 g/mol. The summed E-state index contributed by atoms with van der Waals surface area (Å²) in [5.74, 6) is 1.38. The topological polar surface area (TPSA) is 42.9 Å². The normalized spacial score (nSPS) is 13.4. The molecule has 2 heterocycles. The molecule has 5 heteroatoms. The number of hydrogen-bond donors (Lipinski definition) is 0. The quantitative estimate of drug-likeness (QED) is 0.339. The minimum absolute atomic E-state index is 0.172. The van der Waals surface area contributed by atoms with Crippen molar-refractivity contribution >= 4 is 28.9 Å². The van der Waals surface area contributed by atoms with Gasteiger partial charge in [-0.2, -0.15) is 0 Å². The number of aromatic nitrogens is 2. The first-order valence-electron chi connectivity index (χ1n) is 8.87. The van der Waals surface area contributed by atoms with Gasteiger partial charge in [0.2, 0.25) is 0 Å². The number of nitrogens with zero attached hydrogens (tertiary/aromatic N) is 2. The van der Waals surface area contributed by atoms with Crippen LogP contribution in [0.2, 0.25) is 0 Å². The lowest BCUT2D eigenvalue weighted by atomic mass is 9.97. The third kappa shape index (κ3) is 3.74. The molecular formula is C21H20N2OS2. The molecule has 1 aliphatic rings. The lowest BCUT2D eigenvalue weighted by Crippen LogP contribution is -2.11. The SMILES string of the molecule is Cc1cccc(-c2nc3c(c(SCC(=O)c4cccs4)n2)CCCC3)c1. The van der Waals surface area contributed by atoms with Crippen LogP contribution in [0, 0.1) is 6.92 Å². The van der Waals surface area contributed by atoms with Crippen LogP contribution in [0.4, 0.5) is 0 Å². The Bertz CT molecular complexity index is 935. The van der Waals surface area contributed by atoms with Crippen molar-refractivity contribution < 1.29 is 4.79 Å². The van der Waals surface area contributed by atoms with E-state index in [-0.39, 0.29) is 5.78 Å². The molecule has 2 aromatic heterocycles. The van der Waals surface area contributed by atoms with Gasteiger partial charge in [0.25, 0.3) is 0 Å². The third-order valence-corrected chi connectivity index (χ3v) is 6.49. The van der Waals surface area contributed by atoms with E-state index < -0.39 is 0 Å². The molecule has 4 rings (SSSR count). The van der Waals surface area contributed by atoms with E-state index in [4.69, 9.17) is 9.97 Å². The summed E-state index contributed by atoms with van der Waals surface area (Å²) in [6.07, 6.45) is 4.37. The van der Waals surface area contributed by atoms with Crippen LogP contribution in [-0.4, -0.2) is 21.5 Å². The standard InChI is InChI=1S/C21H20N2OS2/c1-14-6-4-7-15(12-14)20-22-17-9-3-2-8-16(17)21(23-20)26-13-18(24)19-10-5-11-25-19/h4-7,10-12H,2-3,8-9,13H2,1H3. The number of carbonyl (C=O) groups is 1. The van der Waals surface area contributed by atoms with Crippen molar-refractivity contribution in [1.29, 1.82) is 0 Å². The van der Waals surface area contributed by atoms with Crippen molar-refractivity contribution in [2.75, 3.05) is 5.75 Å². The highest BCUT2D eigenvalue weighted by Gasteiger charge is 2.20. The molecule has 132 valence electrons. The maximum atomic E-state index is 12.4. The molecule has 0 fully saturated rings. The van der Waals surface area contributed by atoms with Gasteiger partial charge in [-0.3, -0.25) is 4.79 Å². The first kappa shape index (κ1) is 17.4. The fourth-order valence-electron chi connectivity index (χ4n) is 3.23. The van der Waals surface area contributed by atoms with Crippen molar-refractivity contribution in [1.82, 2.24) is 9.97 Å². The van der Waals surface area contributed by atoms with Crippen molar-refractivity contribution in [3.8, 4) is 11.4 Å². The van der Waals surface area contributed by atoms with Gasteiger partial charge in [-0.25, -0.2) is 9.97 Å². The number of hydrogen-bond acceptors (Lipinski definition) is 5. The Morgan fingerprint density at radius 2 is 2.04 bits per heavy atom. The van der Waals surface area contributed by atoms with E-state index in [1.807, 2.05) is 23.6 Å². The Morgan fingerprint density at radius 3 is 2.85 bits per heavy atom. The molecule has 0 saturated carbocycles. The zero-order chi connectivity index (χ0) is 17.9. The summed E-state index contributed by atoms with van der Waals surface area (Å²) in [5, 5.41) is 2.93. The van der Waals surface area contributed by atoms with Gasteiger partial charge in [-0.1, -0.05) is 41.6 Å². The average Bonchev–Trinajstić information content (AvgIpc) is 3.20. The zero-order valence-corrected chi connectivity index (χ0v) is 16.3. The van der Waals surface area contributed by atoms with Crippen molar-refractivity contribution in [3.63, 3.8) is 0 Å². The minimum atomic E-state index is 0.172. The second-order valence-corrected chi connectivity index (χ2v) is 8.46. The summed E-state index contributed by atoms with van der Waals surface area (Å²) in [6, 6.07) is 12.1. The molecule has 0 unspecified atom stereocenters. The zero-order valence-electron chi connectivity index (χ0n) is 14.7. The molecule has 26 heavy (non-hydrogen) atoms. The van der Waals surface area contributed by atoms with Crippen LogP contribution < -0.4 is 0 Å². The number of fused-ring (bicyclic) bond motifs is 1. The molecule has 1 aromatic carbocycles. The maximum absolute atomic E-state index is 12.4. The summed E-state index contributed by atoms with van der Waals surface area (Å²) >= 11 is 3.06. The highest BCUT2D eigenvalue weighted by atomic mass is 32.2. The van der Waals surface area contributed by atoms with Gasteiger partial charge in [0.1, 0.15) is 5.03 Å². The summed E-state index contributed by atoms with van der Waals surface area (Å²) in [7, 11) is 0. The largest absolute Gasteiger partial charge is 0.292 e. The molecule has 0 saturated heterocycles. The summed E-state index contributed by atoms with van der Waals surface area (Å²) in [5.41, 5.74) is 4.65. The molecule has 1 aliphatic carbocycles. The number of Topliss-reactive ketones (excluding diaryl/α,β-unsaturated/α-hetero) is 1. The Balaban J connectivity index is 1.66. The Kier molecular flexibility index (Phi) is 5.18. The molecule has 0 aliphatic heterocycles. The van der Waals surface area contributed by atoms with E-state index in [0.717, 1.165) is 39.8 Å². The van der Waals surface area contributed by atoms with Crippen molar-refractivity contribution in [2.24, 2.45) is 0 Å².